The summed E-state index contributed by atoms with van der Waals surface area (Å²) in [6.07, 6.45) is 2.34. The molecule has 1 aromatic carbocycles. The first kappa shape index (κ1) is 15.7. The fourth-order valence-electron chi connectivity index (χ4n) is 2.12. The monoisotopic (exact) mass is 296 g/mol. The lowest BCUT2D eigenvalue weighted by Gasteiger charge is -2.11. The van der Waals surface area contributed by atoms with Crippen LogP contribution in [0.25, 0.3) is 0 Å². The van der Waals surface area contributed by atoms with Crippen LogP contribution >= 0.6 is 0 Å². The maximum atomic E-state index is 13.0. The van der Waals surface area contributed by atoms with E-state index >= 15 is 0 Å². The minimum absolute atomic E-state index is 0.201. The normalized spacial score (nSPS) is 17.7. The van der Waals surface area contributed by atoms with Gasteiger partial charge in [0.1, 0.15) is 5.82 Å². The van der Waals surface area contributed by atoms with E-state index in [2.05, 4.69) is 10.6 Å². The van der Waals surface area contributed by atoms with Gasteiger partial charge in [0.2, 0.25) is 0 Å². The standard InChI is InChI=1S/C15H21FN2O3/c16-13-4-1-3-12(9-13)10-18-15(19)17-6-8-20-11-14-5-2-7-21-14/h1,3-4,9,14H,2,5-8,10-11H2,(H2,17,18,19)/t14-/m1/s1. The van der Waals surface area contributed by atoms with Gasteiger partial charge in [0.25, 0.3) is 0 Å². The van der Waals surface area contributed by atoms with Crippen molar-refractivity contribution in [3.8, 4) is 0 Å². The molecule has 21 heavy (non-hydrogen) atoms. The van der Waals surface area contributed by atoms with Gasteiger partial charge in [0, 0.05) is 19.7 Å². The van der Waals surface area contributed by atoms with Gasteiger partial charge >= 0.3 is 6.03 Å². The van der Waals surface area contributed by atoms with Crippen LogP contribution in [0.1, 0.15) is 18.4 Å². The van der Waals surface area contributed by atoms with Gasteiger partial charge in [-0.2, -0.15) is 0 Å². The van der Waals surface area contributed by atoms with Gasteiger partial charge in [-0.25, -0.2) is 9.18 Å². The highest BCUT2D eigenvalue weighted by Gasteiger charge is 2.14. The van der Waals surface area contributed by atoms with Crippen LogP contribution in [0.3, 0.4) is 0 Å². The smallest absolute Gasteiger partial charge is 0.315 e. The molecule has 1 atom stereocenters. The zero-order chi connectivity index (χ0) is 14.9. The van der Waals surface area contributed by atoms with Crippen molar-refractivity contribution in [2.24, 2.45) is 0 Å². The van der Waals surface area contributed by atoms with E-state index < -0.39 is 0 Å². The average Bonchev–Trinajstić information content (AvgIpc) is 2.98. The predicted molar refractivity (Wildman–Crippen MR) is 76.4 cm³/mol. The van der Waals surface area contributed by atoms with Gasteiger partial charge in [-0.1, -0.05) is 12.1 Å². The Kier molecular flexibility index (Phi) is 6.43. The molecule has 0 aliphatic carbocycles. The van der Waals surface area contributed by atoms with Crippen molar-refractivity contribution in [2.45, 2.75) is 25.5 Å². The summed E-state index contributed by atoms with van der Waals surface area (Å²) in [7, 11) is 0. The van der Waals surface area contributed by atoms with E-state index in [1.165, 1.54) is 12.1 Å². The maximum absolute atomic E-state index is 13.0. The van der Waals surface area contributed by atoms with Gasteiger partial charge < -0.3 is 20.1 Å². The molecule has 5 nitrogen and oxygen atoms in total. The predicted octanol–water partition coefficient (Wildman–Crippen LogP) is 1.82. The van der Waals surface area contributed by atoms with Crippen molar-refractivity contribution in [1.82, 2.24) is 10.6 Å². The number of halogens is 1. The molecular weight excluding hydrogens is 275 g/mol. The number of urea groups is 1. The Morgan fingerprint density at radius 1 is 1.43 bits per heavy atom. The van der Waals surface area contributed by atoms with E-state index in [0.717, 1.165) is 25.0 Å². The second kappa shape index (κ2) is 8.59. The molecule has 0 aromatic heterocycles. The van der Waals surface area contributed by atoms with Gasteiger partial charge in [0.15, 0.2) is 0 Å². The molecule has 0 bridgehead atoms. The van der Waals surface area contributed by atoms with E-state index in [-0.39, 0.29) is 18.0 Å². The number of ether oxygens (including phenoxy) is 2. The molecule has 1 aliphatic heterocycles. The quantitative estimate of drug-likeness (QED) is 0.755. The number of hydrogen-bond acceptors (Lipinski definition) is 3. The number of rotatable bonds is 7. The van der Waals surface area contributed by atoms with Crippen molar-refractivity contribution in [3.63, 3.8) is 0 Å². The zero-order valence-electron chi connectivity index (χ0n) is 11.9. The summed E-state index contributed by atoms with van der Waals surface area (Å²) in [5.41, 5.74) is 0.722. The largest absolute Gasteiger partial charge is 0.377 e. The zero-order valence-corrected chi connectivity index (χ0v) is 11.9. The number of benzene rings is 1. The van der Waals surface area contributed by atoms with E-state index in [1.54, 1.807) is 12.1 Å². The molecule has 0 radical (unpaired) electrons. The molecule has 0 spiro atoms. The third kappa shape index (κ3) is 6.10. The van der Waals surface area contributed by atoms with Crippen LogP contribution in [0.15, 0.2) is 24.3 Å². The SMILES string of the molecule is O=C(NCCOC[C@H]1CCCO1)NCc1cccc(F)c1. The first-order chi connectivity index (χ1) is 10.2. The molecule has 1 aliphatic rings. The molecule has 1 aromatic rings. The lowest BCUT2D eigenvalue weighted by atomic mass is 10.2. The van der Waals surface area contributed by atoms with Gasteiger partial charge in [0.05, 0.1) is 19.3 Å². The lowest BCUT2D eigenvalue weighted by Crippen LogP contribution is -2.37. The fourth-order valence-corrected chi connectivity index (χ4v) is 2.12. The van der Waals surface area contributed by atoms with Crippen molar-refractivity contribution in [1.29, 1.82) is 0 Å². The first-order valence-corrected chi connectivity index (χ1v) is 7.19. The Balaban J connectivity index is 1.51. The molecule has 1 fully saturated rings. The Labute approximate surface area is 123 Å². The van der Waals surface area contributed by atoms with Crippen molar-refractivity contribution >= 4 is 6.03 Å². The van der Waals surface area contributed by atoms with E-state index in [9.17, 15) is 9.18 Å². The molecule has 6 heteroatoms. The maximum Gasteiger partial charge on any atom is 0.315 e. The van der Waals surface area contributed by atoms with E-state index in [1.807, 2.05) is 0 Å². The molecule has 1 saturated heterocycles. The number of carbonyl (C=O) groups excluding carboxylic acids is 1. The summed E-state index contributed by atoms with van der Waals surface area (Å²) < 4.78 is 23.8. The third-order valence-corrected chi connectivity index (χ3v) is 3.20. The van der Waals surface area contributed by atoms with Gasteiger partial charge in [-0.3, -0.25) is 0 Å². The van der Waals surface area contributed by atoms with E-state index in [4.69, 9.17) is 9.47 Å². The van der Waals surface area contributed by atoms with Crippen molar-refractivity contribution in [2.75, 3.05) is 26.4 Å². The summed E-state index contributed by atoms with van der Waals surface area (Å²) in [6.45, 7) is 2.57. The molecule has 0 saturated carbocycles. The summed E-state index contributed by atoms with van der Waals surface area (Å²) in [6, 6.07) is 5.84. The number of amides is 2. The summed E-state index contributed by atoms with van der Waals surface area (Å²) >= 11 is 0. The van der Waals surface area contributed by atoms with Gasteiger partial charge in [-0.15, -0.1) is 0 Å². The second-order valence-electron chi connectivity index (χ2n) is 4.95. The molecule has 116 valence electrons. The van der Waals surface area contributed by atoms with E-state index in [0.29, 0.717) is 26.3 Å². The number of carbonyl (C=O) groups is 1. The Bertz CT molecular complexity index is 450. The number of nitrogens with one attached hydrogen (secondary N) is 2. The molecule has 1 heterocycles. The summed E-state index contributed by atoms with van der Waals surface area (Å²) in [5.74, 6) is -0.308. The lowest BCUT2D eigenvalue weighted by molar-refractivity contribution is 0.0188. The summed E-state index contributed by atoms with van der Waals surface area (Å²) in [5, 5.41) is 5.34. The van der Waals surface area contributed by atoms with Crippen LogP contribution in [0.4, 0.5) is 9.18 Å². The highest BCUT2D eigenvalue weighted by Crippen LogP contribution is 2.11. The Morgan fingerprint density at radius 3 is 3.10 bits per heavy atom. The Hall–Kier alpha value is -1.66. The van der Waals surface area contributed by atoms with Crippen LogP contribution in [0.2, 0.25) is 0 Å². The van der Waals surface area contributed by atoms with Crippen LogP contribution in [-0.2, 0) is 16.0 Å². The third-order valence-electron chi connectivity index (χ3n) is 3.20. The van der Waals surface area contributed by atoms with Crippen LogP contribution in [0, 0.1) is 5.82 Å². The van der Waals surface area contributed by atoms with Crippen LogP contribution in [-0.4, -0.2) is 38.5 Å². The first-order valence-electron chi connectivity index (χ1n) is 7.19. The molecule has 0 unspecified atom stereocenters. The van der Waals surface area contributed by atoms with Gasteiger partial charge in [-0.05, 0) is 30.5 Å². The molecule has 2 amide bonds. The Morgan fingerprint density at radius 2 is 2.33 bits per heavy atom. The number of hydrogen-bond donors (Lipinski definition) is 2. The highest BCUT2D eigenvalue weighted by atomic mass is 19.1. The second-order valence-corrected chi connectivity index (χ2v) is 4.95. The van der Waals surface area contributed by atoms with Crippen molar-refractivity contribution < 1.29 is 18.7 Å². The fraction of sp³-hybridized carbons (Fsp3) is 0.533. The summed E-state index contributed by atoms with van der Waals surface area (Å²) in [4.78, 5) is 11.5. The molecule has 2 rings (SSSR count). The topological polar surface area (TPSA) is 59.6 Å². The highest BCUT2D eigenvalue weighted by molar-refractivity contribution is 5.73. The van der Waals surface area contributed by atoms with Crippen molar-refractivity contribution in [3.05, 3.63) is 35.6 Å². The van der Waals surface area contributed by atoms with Crippen LogP contribution < -0.4 is 10.6 Å². The molecule has 2 N–H and O–H groups in total. The van der Waals surface area contributed by atoms with Crippen LogP contribution in [0.5, 0.6) is 0 Å². The minimum atomic E-state index is -0.308. The molecular formula is C15H21FN2O3. The average molecular weight is 296 g/mol. The minimum Gasteiger partial charge on any atom is -0.377 e.